The maximum Gasteiger partial charge on any atom is 0.390 e. The molecule has 1 saturated heterocycles. The second kappa shape index (κ2) is 9.03. The topological polar surface area (TPSA) is 76.3 Å². The van der Waals surface area contributed by atoms with Crippen LogP contribution in [0.1, 0.15) is 6.42 Å². The highest BCUT2D eigenvalue weighted by atomic mass is 19.4. The van der Waals surface area contributed by atoms with E-state index in [1.54, 1.807) is 29.3 Å². The maximum absolute atomic E-state index is 13.5. The minimum Gasteiger partial charge on any atom is -0.359 e. The smallest absolute Gasteiger partial charge is 0.359 e. The molecule has 0 atom stereocenters. The van der Waals surface area contributed by atoms with Crippen molar-refractivity contribution < 1.29 is 22.4 Å². The number of urea groups is 1. The molecule has 0 saturated carbocycles. The first kappa shape index (κ1) is 21.9. The van der Waals surface area contributed by atoms with Crippen molar-refractivity contribution in [2.45, 2.75) is 12.6 Å². The van der Waals surface area contributed by atoms with Gasteiger partial charge in [0.05, 0.1) is 24.0 Å². The highest BCUT2D eigenvalue weighted by Gasteiger charge is 2.28. The Morgan fingerprint density at radius 2 is 1.88 bits per heavy atom. The van der Waals surface area contributed by atoms with E-state index in [4.69, 9.17) is 0 Å². The van der Waals surface area contributed by atoms with Crippen LogP contribution in [0.15, 0.2) is 42.7 Å². The first-order valence-corrected chi connectivity index (χ1v) is 10.1. The van der Waals surface area contributed by atoms with Crippen molar-refractivity contribution in [2.75, 3.05) is 48.3 Å². The lowest BCUT2D eigenvalue weighted by molar-refractivity contribution is -0.138. The van der Waals surface area contributed by atoms with Crippen molar-refractivity contribution >= 4 is 34.1 Å². The van der Waals surface area contributed by atoms with Gasteiger partial charge in [0.2, 0.25) is 0 Å². The highest BCUT2D eigenvalue weighted by Crippen LogP contribution is 2.24. The number of pyridine rings is 1. The summed E-state index contributed by atoms with van der Waals surface area (Å²) in [6, 6.07) is 7.21. The number of aromatic nitrogens is 2. The number of carbonyl (C=O) groups excluding carboxylic acids is 1. The van der Waals surface area contributed by atoms with Gasteiger partial charge in [0.1, 0.15) is 11.6 Å². The third-order valence-electron chi connectivity index (χ3n) is 5.31. The molecule has 11 heteroatoms. The van der Waals surface area contributed by atoms with Crippen LogP contribution in [0, 0.1) is 5.82 Å². The quantitative estimate of drug-likeness (QED) is 0.503. The average molecular weight is 450 g/mol. The number of H-pyrrole nitrogens is 1. The molecule has 2 amide bonds. The van der Waals surface area contributed by atoms with E-state index in [-0.39, 0.29) is 6.54 Å². The van der Waals surface area contributed by atoms with E-state index in [9.17, 15) is 22.4 Å². The Bertz CT molecular complexity index is 1070. The SMILES string of the molecule is O=C(Nc1ccc(N2CCN(CCC(F)(F)F)CC2)nc1)Nc1c[nH]c2ccc(F)cc12. The van der Waals surface area contributed by atoms with Crippen LogP contribution in [0.2, 0.25) is 0 Å². The molecule has 170 valence electrons. The van der Waals surface area contributed by atoms with E-state index >= 15 is 0 Å². The van der Waals surface area contributed by atoms with Crippen LogP contribution in [0.3, 0.4) is 0 Å². The van der Waals surface area contributed by atoms with Gasteiger partial charge in [0.25, 0.3) is 0 Å². The zero-order valence-corrected chi connectivity index (χ0v) is 17.0. The molecule has 7 nitrogen and oxygen atoms in total. The van der Waals surface area contributed by atoms with Gasteiger partial charge in [-0.3, -0.25) is 4.90 Å². The van der Waals surface area contributed by atoms with Gasteiger partial charge in [0, 0.05) is 49.8 Å². The van der Waals surface area contributed by atoms with E-state index in [2.05, 4.69) is 20.6 Å². The molecule has 32 heavy (non-hydrogen) atoms. The molecule has 3 N–H and O–H groups in total. The zero-order chi connectivity index (χ0) is 22.7. The number of hydrogen-bond donors (Lipinski definition) is 3. The average Bonchev–Trinajstić information content (AvgIpc) is 3.14. The molecule has 4 rings (SSSR count). The number of amides is 2. The fourth-order valence-corrected chi connectivity index (χ4v) is 3.61. The summed E-state index contributed by atoms with van der Waals surface area (Å²) in [4.78, 5) is 23.4. The van der Waals surface area contributed by atoms with Gasteiger partial charge in [-0.05, 0) is 30.3 Å². The van der Waals surface area contributed by atoms with E-state index in [1.807, 2.05) is 4.90 Å². The zero-order valence-electron chi connectivity index (χ0n) is 17.0. The Morgan fingerprint density at radius 3 is 2.56 bits per heavy atom. The van der Waals surface area contributed by atoms with Crippen LogP contribution in [0.25, 0.3) is 10.9 Å². The molecule has 1 fully saturated rings. The lowest BCUT2D eigenvalue weighted by Crippen LogP contribution is -2.47. The molecule has 0 radical (unpaired) electrons. The Balaban J connectivity index is 1.29. The summed E-state index contributed by atoms with van der Waals surface area (Å²) < 4.78 is 50.6. The summed E-state index contributed by atoms with van der Waals surface area (Å²) in [5, 5.41) is 5.91. The first-order chi connectivity index (χ1) is 15.3. The summed E-state index contributed by atoms with van der Waals surface area (Å²) in [7, 11) is 0. The van der Waals surface area contributed by atoms with E-state index in [1.165, 1.54) is 18.3 Å². The summed E-state index contributed by atoms with van der Waals surface area (Å²) in [5.74, 6) is 0.292. The Labute approximate surface area is 181 Å². The van der Waals surface area contributed by atoms with E-state index in [0.29, 0.717) is 54.3 Å². The van der Waals surface area contributed by atoms with Gasteiger partial charge >= 0.3 is 12.2 Å². The number of carbonyl (C=O) groups is 1. The van der Waals surface area contributed by atoms with Crippen molar-refractivity contribution in [1.29, 1.82) is 0 Å². The number of nitrogens with one attached hydrogen (secondary N) is 3. The lowest BCUT2D eigenvalue weighted by atomic mass is 10.2. The molecule has 3 aromatic rings. The number of piperazine rings is 1. The summed E-state index contributed by atoms with van der Waals surface area (Å²) in [6.07, 6.45) is -1.85. The van der Waals surface area contributed by atoms with Crippen LogP contribution in [-0.2, 0) is 0 Å². The Kier molecular flexibility index (Phi) is 6.17. The Morgan fingerprint density at radius 1 is 1.09 bits per heavy atom. The molecule has 0 spiro atoms. The number of benzene rings is 1. The standard InChI is InChI=1S/C21H22F4N6O/c22-14-1-3-17-16(11-14)18(13-26-17)29-20(32)28-15-2-4-19(27-12-15)31-9-7-30(8-10-31)6-5-21(23,24)25/h1-4,11-13,26H,5-10H2,(H2,28,29,32). The van der Waals surface area contributed by atoms with Gasteiger partial charge in [-0.25, -0.2) is 14.2 Å². The van der Waals surface area contributed by atoms with Crippen molar-refractivity contribution in [2.24, 2.45) is 0 Å². The number of aromatic amines is 1. The summed E-state index contributed by atoms with van der Waals surface area (Å²) >= 11 is 0. The second-order valence-electron chi connectivity index (χ2n) is 7.57. The number of fused-ring (bicyclic) bond motifs is 1. The van der Waals surface area contributed by atoms with Gasteiger partial charge in [-0.2, -0.15) is 13.2 Å². The van der Waals surface area contributed by atoms with Gasteiger partial charge in [0.15, 0.2) is 0 Å². The fourth-order valence-electron chi connectivity index (χ4n) is 3.61. The number of hydrogen-bond acceptors (Lipinski definition) is 4. The number of alkyl halides is 3. The van der Waals surface area contributed by atoms with Crippen molar-refractivity contribution in [1.82, 2.24) is 14.9 Å². The largest absolute Gasteiger partial charge is 0.390 e. The molecule has 1 aliphatic heterocycles. The van der Waals surface area contributed by atoms with Crippen LogP contribution in [0.5, 0.6) is 0 Å². The molecule has 0 bridgehead atoms. The van der Waals surface area contributed by atoms with Gasteiger partial charge in [-0.15, -0.1) is 0 Å². The van der Waals surface area contributed by atoms with Crippen molar-refractivity contribution in [3.8, 4) is 0 Å². The molecular weight excluding hydrogens is 428 g/mol. The molecule has 0 aliphatic carbocycles. The molecule has 2 aromatic heterocycles. The normalized spacial score (nSPS) is 15.2. The van der Waals surface area contributed by atoms with Crippen LogP contribution in [-0.4, -0.2) is 59.8 Å². The predicted octanol–water partition coefficient (Wildman–Crippen LogP) is 4.42. The maximum atomic E-state index is 13.5. The van der Waals surface area contributed by atoms with Crippen LogP contribution >= 0.6 is 0 Å². The molecular formula is C21H22F4N6O. The minimum absolute atomic E-state index is 0.00576. The van der Waals surface area contributed by atoms with Crippen LogP contribution < -0.4 is 15.5 Å². The number of rotatable bonds is 5. The third-order valence-corrected chi connectivity index (χ3v) is 5.31. The predicted molar refractivity (Wildman–Crippen MR) is 114 cm³/mol. The second-order valence-corrected chi connectivity index (χ2v) is 7.57. The summed E-state index contributed by atoms with van der Waals surface area (Å²) in [5.41, 5.74) is 1.62. The number of nitrogens with zero attached hydrogens (tertiary/aromatic N) is 3. The monoisotopic (exact) mass is 450 g/mol. The molecule has 0 unspecified atom stereocenters. The van der Waals surface area contributed by atoms with E-state index < -0.39 is 24.4 Å². The first-order valence-electron chi connectivity index (χ1n) is 10.1. The van der Waals surface area contributed by atoms with Gasteiger partial charge < -0.3 is 20.5 Å². The Hall–Kier alpha value is -3.34. The highest BCUT2D eigenvalue weighted by molar-refractivity contribution is 6.05. The van der Waals surface area contributed by atoms with Gasteiger partial charge in [-0.1, -0.05) is 0 Å². The summed E-state index contributed by atoms with van der Waals surface area (Å²) in [6.45, 7) is 2.23. The van der Waals surface area contributed by atoms with E-state index in [0.717, 1.165) is 0 Å². The molecule has 1 aliphatic rings. The molecule has 1 aromatic carbocycles. The number of halogens is 4. The van der Waals surface area contributed by atoms with Crippen LogP contribution in [0.4, 0.5) is 39.5 Å². The number of anilines is 3. The fraction of sp³-hybridized carbons (Fsp3) is 0.333. The van der Waals surface area contributed by atoms with Crippen molar-refractivity contribution in [3.05, 3.63) is 48.5 Å². The minimum atomic E-state index is -4.14. The molecule has 3 heterocycles. The third kappa shape index (κ3) is 5.47. The van der Waals surface area contributed by atoms with Crippen molar-refractivity contribution in [3.63, 3.8) is 0 Å². The lowest BCUT2D eigenvalue weighted by Gasteiger charge is -2.35.